The molecule has 1 saturated carbocycles. The van der Waals surface area contributed by atoms with E-state index in [1.54, 1.807) is 27.0 Å². The van der Waals surface area contributed by atoms with Gasteiger partial charge in [0.15, 0.2) is 0 Å². The van der Waals surface area contributed by atoms with E-state index in [1.807, 2.05) is 30.3 Å². The summed E-state index contributed by atoms with van der Waals surface area (Å²) in [7, 11) is -3.52. The maximum atomic E-state index is 14.0. The van der Waals surface area contributed by atoms with Crippen LogP contribution < -0.4 is 20.8 Å². The third-order valence-electron chi connectivity index (χ3n) is 8.28. The number of hydrogen-bond acceptors (Lipinski definition) is 9. The van der Waals surface area contributed by atoms with Crippen molar-refractivity contribution in [1.82, 2.24) is 25.9 Å². The number of H-pyrrole nitrogens is 1. The molecule has 14 heteroatoms. The number of hydrogen-bond donors (Lipinski definition) is 5. The Morgan fingerprint density at radius 1 is 1.00 bits per heavy atom. The third kappa shape index (κ3) is 12.5. The average molecular weight is 676 g/mol. The number of rotatable bonds is 14. The van der Waals surface area contributed by atoms with Crippen LogP contribution in [0.1, 0.15) is 77.0 Å². The molecule has 2 aliphatic rings. The predicted molar refractivity (Wildman–Crippen MR) is 175 cm³/mol. The van der Waals surface area contributed by atoms with Crippen molar-refractivity contribution in [2.45, 2.75) is 108 Å². The molecule has 2 heterocycles. The maximum Gasteiger partial charge on any atom is 0.408 e. The first-order valence-corrected chi connectivity index (χ1v) is 18.3. The smallest absolute Gasteiger partial charge is 0.408 e. The first-order chi connectivity index (χ1) is 22.4. The second kappa shape index (κ2) is 17.3. The van der Waals surface area contributed by atoms with Crippen LogP contribution >= 0.6 is 7.94 Å². The summed E-state index contributed by atoms with van der Waals surface area (Å²) in [6.45, 7) is 5.74. The number of carbonyl (C=O) groups is 3. The molecule has 1 saturated heterocycles. The average Bonchev–Trinajstić information content (AvgIpc) is 3.53. The first-order valence-electron chi connectivity index (χ1n) is 16.6. The third-order valence-corrected chi connectivity index (χ3v) is 10.3. The van der Waals surface area contributed by atoms with Gasteiger partial charge in [-0.1, -0.05) is 62.4 Å². The standard InChI is InChI=1S/C33H50N5O8P/c1-33(2,3)46-32(42)38-27(18-24-13-8-5-9-14-24)30(40)37-28(19-25-20-34-22-35-25)31(41)36-26(17-23-11-6-4-7-12-23)29(39)21-47(43)44-15-10-16-45-47/h5,8-9,13-14,20,22-23,26-29,39H,4,6-7,10-12,15-19,21H2,1-3H3,(H,34,35)(H,36,41)(H,37,40)(H,38,42)/t26-,27-,28+,29-/m0/s1. The number of aromatic nitrogens is 2. The SMILES string of the molecule is CC(C)(C)OC(=O)N[C@@H](Cc1ccccc1)C(=O)N[C@H](Cc1cnc[nH]1)C(=O)N[C@@H](CC1CCCCC1)[C@@H](O)C[P+]1([O-])OCCCO1. The van der Waals surface area contributed by atoms with Crippen molar-refractivity contribution in [2.24, 2.45) is 5.92 Å². The molecule has 5 N–H and O–H groups in total. The van der Waals surface area contributed by atoms with Crippen LogP contribution in [0.3, 0.4) is 0 Å². The van der Waals surface area contributed by atoms with Crippen molar-refractivity contribution in [3.63, 3.8) is 0 Å². The molecule has 1 aliphatic carbocycles. The zero-order valence-corrected chi connectivity index (χ0v) is 28.5. The highest BCUT2D eigenvalue weighted by atomic mass is 31.2. The number of alkyl carbamates (subject to hydrolysis) is 1. The lowest BCUT2D eigenvalue weighted by Gasteiger charge is -2.36. The fraction of sp³-hybridized carbons (Fsp3) is 0.636. The molecule has 2 aromatic rings. The van der Waals surface area contributed by atoms with Gasteiger partial charge >= 0.3 is 6.09 Å². The summed E-state index contributed by atoms with van der Waals surface area (Å²) in [5.41, 5.74) is 0.618. The van der Waals surface area contributed by atoms with Crippen LogP contribution in [0.5, 0.6) is 0 Å². The predicted octanol–water partition coefficient (Wildman–Crippen LogP) is 2.95. The van der Waals surface area contributed by atoms with Gasteiger partial charge in [0.2, 0.25) is 19.8 Å². The molecule has 3 amide bonds. The molecule has 13 nitrogen and oxygen atoms in total. The van der Waals surface area contributed by atoms with Crippen LogP contribution in [0.15, 0.2) is 42.9 Å². The van der Waals surface area contributed by atoms with Crippen LogP contribution in [0.4, 0.5) is 4.79 Å². The van der Waals surface area contributed by atoms with Crippen molar-refractivity contribution in [3.05, 3.63) is 54.1 Å². The van der Waals surface area contributed by atoms with Gasteiger partial charge in [-0.2, -0.15) is 0 Å². The second-order valence-electron chi connectivity index (χ2n) is 13.5. The Hall–Kier alpha value is -3.09. The molecule has 0 radical (unpaired) electrons. The van der Waals surface area contributed by atoms with Crippen LogP contribution in [0, 0.1) is 5.92 Å². The van der Waals surface area contributed by atoms with Gasteiger partial charge < -0.3 is 35.7 Å². The summed E-state index contributed by atoms with van der Waals surface area (Å²) in [5.74, 6) is -0.851. The highest BCUT2D eigenvalue weighted by molar-refractivity contribution is 7.59. The molecule has 1 aliphatic heterocycles. The number of aliphatic hydroxyl groups is 1. The van der Waals surface area contributed by atoms with Crippen LogP contribution in [-0.4, -0.2) is 82.2 Å². The van der Waals surface area contributed by atoms with Crippen molar-refractivity contribution in [2.75, 3.05) is 19.4 Å². The molecular formula is C33H50N5O8P. The number of benzene rings is 1. The second-order valence-corrected chi connectivity index (χ2v) is 15.6. The minimum Gasteiger partial charge on any atom is -0.631 e. The van der Waals surface area contributed by atoms with Gasteiger partial charge in [-0.05, 0) is 38.7 Å². The first kappa shape index (κ1) is 36.7. The molecule has 1 aromatic heterocycles. The van der Waals surface area contributed by atoms with Crippen LogP contribution in [-0.2, 0) is 36.2 Å². The Morgan fingerprint density at radius 2 is 1.66 bits per heavy atom. The zero-order valence-electron chi connectivity index (χ0n) is 27.6. The summed E-state index contributed by atoms with van der Waals surface area (Å²) >= 11 is 0. The highest BCUT2D eigenvalue weighted by Gasteiger charge is 2.40. The monoisotopic (exact) mass is 675 g/mol. The number of ether oxygens (including phenoxy) is 1. The van der Waals surface area contributed by atoms with E-state index < -0.39 is 55.7 Å². The number of nitrogens with zero attached hydrogens (tertiary/aromatic N) is 1. The van der Waals surface area contributed by atoms with E-state index in [-0.39, 0.29) is 38.1 Å². The van der Waals surface area contributed by atoms with E-state index in [9.17, 15) is 24.4 Å². The lowest BCUT2D eigenvalue weighted by molar-refractivity contribution is -0.226. The fourth-order valence-corrected chi connectivity index (χ4v) is 7.76. The quantitative estimate of drug-likeness (QED) is 0.188. The largest absolute Gasteiger partial charge is 0.631 e. The Labute approximate surface area is 277 Å². The summed E-state index contributed by atoms with van der Waals surface area (Å²) < 4.78 is 16.3. The van der Waals surface area contributed by atoms with Gasteiger partial charge in [-0.15, -0.1) is 0 Å². The van der Waals surface area contributed by atoms with Gasteiger partial charge in [0.25, 0.3) is 0 Å². The number of aromatic amines is 1. The topological polar surface area (TPSA) is 187 Å². The lowest BCUT2D eigenvalue weighted by atomic mass is 9.83. The summed E-state index contributed by atoms with van der Waals surface area (Å²) in [5, 5.41) is 19.8. The zero-order chi connectivity index (χ0) is 33.9. The fourth-order valence-electron chi connectivity index (χ4n) is 5.95. The Balaban J connectivity index is 1.53. The van der Waals surface area contributed by atoms with Crippen LogP contribution in [0.25, 0.3) is 0 Å². The Kier molecular flexibility index (Phi) is 13.6. The minimum absolute atomic E-state index is 0.0685. The highest BCUT2D eigenvalue weighted by Crippen LogP contribution is 2.55. The van der Waals surface area contributed by atoms with Crippen molar-refractivity contribution in [3.8, 4) is 0 Å². The van der Waals surface area contributed by atoms with E-state index >= 15 is 0 Å². The molecule has 4 rings (SSSR count). The lowest BCUT2D eigenvalue weighted by Crippen LogP contribution is -2.58. The van der Waals surface area contributed by atoms with Crippen molar-refractivity contribution in [1.29, 1.82) is 0 Å². The Bertz CT molecular complexity index is 1260. The Morgan fingerprint density at radius 3 is 2.30 bits per heavy atom. The summed E-state index contributed by atoms with van der Waals surface area (Å²) in [6, 6.07) is 6.30. The van der Waals surface area contributed by atoms with Gasteiger partial charge in [-0.3, -0.25) is 9.59 Å². The number of carbonyl (C=O) groups excluding carboxylic acids is 3. The molecule has 1 aromatic carbocycles. The molecule has 47 heavy (non-hydrogen) atoms. The van der Waals surface area contributed by atoms with Gasteiger partial charge in [0.05, 0.1) is 25.6 Å². The number of aliphatic hydroxyl groups excluding tert-OH is 1. The molecule has 0 spiro atoms. The molecule has 260 valence electrons. The van der Waals surface area contributed by atoms with Gasteiger partial charge in [0.1, 0.15) is 30.0 Å². The van der Waals surface area contributed by atoms with E-state index in [0.29, 0.717) is 18.5 Å². The van der Waals surface area contributed by atoms with E-state index in [0.717, 1.165) is 37.7 Å². The molecule has 0 unspecified atom stereocenters. The summed E-state index contributed by atoms with van der Waals surface area (Å²) in [4.78, 5) is 60.8. The van der Waals surface area contributed by atoms with E-state index in [2.05, 4.69) is 25.9 Å². The molecular weight excluding hydrogens is 625 g/mol. The minimum atomic E-state index is -3.52. The van der Waals surface area contributed by atoms with E-state index in [1.165, 1.54) is 6.33 Å². The maximum absolute atomic E-state index is 14.0. The van der Waals surface area contributed by atoms with Crippen molar-refractivity contribution >= 4 is 25.9 Å². The molecule has 4 atom stereocenters. The number of amides is 3. The van der Waals surface area contributed by atoms with Gasteiger partial charge in [-0.25, -0.2) is 18.8 Å². The van der Waals surface area contributed by atoms with Gasteiger partial charge in [0, 0.05) is 31.2 Å². The summed E-state index contributed by atoms with van der Waals surface area (Å²) in [6.07, 6.45) is 7.36. The van der Waals surface area contributed by atoms with Crippen LogP contribution in [0.2, 0.25) is 0 Å². The number of imidazole rings is 1. The van der Waals surface area contributed by atoms with E-state index in [4.69, 9.17) is 13.8 Å². The number of nitrogens with one attached hydrogen (secondary N) is 4. The normalized spacial score (nSPS) is 19.5. The molecule has 0 bridgehead atoms. The van der Waals surface area contributed by atoms with Crippen molar-refractivity contribution < 1.29 is 38.2 Å². The molecule has 2 fully saturated rings.